The van der Waals surface area contributed by atoms with E-state index in [0.717, 1.165) is 42.1 Å². The van der Waals surface area contributed by atoms with Gasteiger partial charge in [0.2, 0.25) is 0 Å². The van der Waals surface area contributed by atoms with Gasteiger partial charge in [-0.1, -0.05) is 6.42 Å². The SMILES string of the molecule is Cc1ccc(OCc2nnc3n2CCN(CC2CCC2)C3C)cn1. The quantitative estimate of drug-likeness (QED) is 0.845. The van der Waals surface area contributed by atoms with E-state index in [1.54, 1.807) is 6.20 Å². The summed E-state index contributed by atoms with van der Waals surface area (Å²) < 4.78 is 8.05. The summed E-state index contributed by atoms with van der Waals surface area (Å²) in [5.41, 5.74) is 0.989. The molecule has 6 nitrogen and oxygen atoms in total. The molecule has 3 heterocycles. The van der Waals surface area contributed by atoms with Gasteiger partial charge in [0.15, 0.2) is 5.82 Å². The van der Waals surface area contributed by atoms with Crippen LogP contribution in [0.25, 0.3) is 0 Å². The molecule has 1 saturated carbocycles. The van der Waals surface area contributed by atoms with Gasteiger partial charge in [0.1, 0.15) is 18.2 Å². The molecule has 0 radical (unpaired) electrons. The van der Waals surface area contributed by atoms with Gasteiger partial charge in [0, 0.05) is 25.3 Å². The van der Waals surface area contributed by atoms with Crippen molar-refractivity contribution in [1.29, 1.82) is 0 Å². The average molecular weight is 327 g/mol. The van der Waals surface area contributed by atoms with Crippen LogP contribution in [0.2, 0.25) is 0 Å². The Morgan fingerprint density at radius 1 is 1.21 bits per heavy atom. The molecule has 0 spiro atoms. The van der Waals surface area contributed by atoms with Crippen LogP contribution < -0.4 is 4.74 Å². The molecule has 0 bridgehead atoms. The third-order valence-electron chi connectivity index (χ3n) is 5.36. The van der Waals surface area contributed by atoms with Crippen molar-refractivity contribution >= 4 is 0 Å². The lowest BCUT2D eigenvalue weighted by molar-refractivity contribution is 0.110. The van der Waals surface area contributed by atoms with Crippen LogP contribution in [-0.4, -0.2) is 37.7 Å². The summed E-state index contributed by atoms with van der Waals surface area (Å²) in [6, 6.07) is 4.23. The highest BCUT2D eigenvalue weighted by Gasteiger charge is 2.31. The largest absolute Gasteiger partial charge is 0.484 e. The molecule has 1 aliphatic carbocycles. The summed E-state index contributed by atoms with van der Waals surface area (Å²) in [6.07, 6.45) is 5.93. The second kappa shape index (κ2) is 6.51. The number of pyridine rings is 1. The van der Waals surface area contributed by atoms with E-state index in [1.165, 1.54) is 25.8 Å². The maximum atomic E-state index is 5.83. The summed E-state index contributed by atoms with van der Waals surface area (Å²) in [5.74, 6) is 3.63. The highest BCUT2D eigenvalue weighted by molar-refractivity contribution is 5.19. The Morgan fingerprint density at radius 2 is 2.08 bits per heavy atom. The Kier molecular flexibility index (Phi) is 4.22. The van der Waals surface area contributed by atoms with E-state index < -0.39 is 0 Å². The normalized spacial score (nSPS) is 21.3. The number of hydrogen-bond acceptors (Lipinski definition) is 5. The Hall–Kier alpha value is -1.95. The first-order chi connectivity index (χ1) is 11.7. The zero-order valence-electron chi connectivity index (χ0n) is 14.5. The van der Waals surface area contributed by atoms with Crippen LogP contribution in [0.15, 0.2) is 18.3 Å². The molecule has 4 rings (SSSR count). The molecule has 0 N–H and O–H groups in total. The van der Waals surface area contributed by atoms with Crippen molar-refractivity contribution < 1.29 is 4.74 Å². The van der Waals surface area contributed by atoms with Gasteiger partial charge in [-0.05, 0) is 44.7 Å². The average Bonchev–Trinajstić information content (AvgIpc) is 2.96. The van der Waals surface area contributed by atoms with Crippen LogP contribution in [0.5, 0.6) is 5.75 Å². The first-order valence-corrected chi connectivity index (χ1v) is 8.92. The number of aromatic nitrogens is 4. The molecular formula is C18H25N5O. The molecule has 2 aliphatic rings. The summed E-state index contributed by atoms with van der Waals surface area (Å²) in [4.78, 5) is 6.81. The molecule has 1 unspecified atom stereocenters. The lowest BCUT2D eigenvalue weighted by Gasteiger charge is -2.38. The summed E-state index contributed by atoms with van der Waals surface area (Å²) in [7, 11) is 0. The first-order valence-electron chi connectivity index (χ1n) is 8.92. The Labute approximate surface area is 142 Å². The smallest absolute Gasteiger partial charge is 0.171 e. The number of nitrogens with zero attached hydrogens (tertiary/aromatic N) is 5. The highest BCUT2D eigenvalue weighted by atomic mass is 16.5. The monoisotopic (exact) mass is 327 g/mol. The van der Waals surface area contributed by atoms with E-state index in [-0.39, 0.29) is 0 Å². The molecule has 2 aromatic heterocycles. The van der Waals surface area contributed by atoms with Gasteiger partial charge < -0.3 is 9.30 Å². The van der Waals surface area contributed by atoms with Crippen molar-refractivity contribution in [2.24, 2.45) is 5.92 Å². The van der Waals surface area contributed by atoms with Gasteiger partial charge in [0.05, 0.1) is 12.2 Å². The van der Waals surface area contributed by atoms with Crippen LogP contribution in [-0.2, 0) is 13.2 Å². The van der Waals surface area contributed by atoms with E-state index in [4.69, 9.17) is 4.74 Å². The zero-order valence-corrected chi connectivity index (χ0v) is 14.5. The van der Waals surface area contributed by atoms with E-state index >= 15 is 0 Å². The van der Waals surface area contributed by atoms with Gasteiger partial charge in [-0.3, -0.25) is 9.88 Å². The van der Waals surface area contributed by atoms with Gasteiger partial charge in [-0.15, -0.1) is 10.2 Å². The second-order valence-electron chi connectivity index (χ2n) is 7.02. The second-order valence-corrected chi connectivity index (χ2v) is 7.02. The van der Waals surface area contributed by atoms with Crippen molar-refractivity contribution in [2.75, 3.05) is 13.1 Å². The maximum absolute atomic E-state index is 5.83. The van der Waals surface area contributed by atoms with Crippen molar-refractivity contribution in [2.45, 2.75) is 52.3 Å². The van der Waals surface area contributed by atoms with Crippen LogP contribution in [0.1, 0.15) is 49.6 Å². The van der Waals surface area contributed by atoms with Gasteiger partial charge in [-0.2, -0.15) is 0 Å². The molecule has 6 heteroatoms. The summed E-state index contributed by atoms with van der Waals surface area (Å²) in [6.45, 7) is 7.87. The predicted molar refractivity (Wildman–Crippen MR) is 90.7 cm³/mol. The number of hydrogen-bond donors (Lipinski definition) is 0. The van der Waals surface area contributed by atoms with E-state index in [0.29, 0.717) is 12.6 Å². The van der Waals surface area contributed by atoms with E-state index in [1.807, 2.05) is 19.1 Å². The predicted octanol–water partition coefficient (Wildman–Crippen LogP) is 2.74. The van der Waals surface area contributed by atoms with Crippen molar-refractivity contribution in [3.8, 4) is 5.75 Å². The topological polar surface area (TPSA) is 56.1 Å². The van der Waals surface area contributed by atoms with Gasteiger partial charge >= 0.3 is 0 Å². The molecule has 0 amide bonds. The number of fused-ring (bicyclic) bond motifs is 1. The fraction of sp³-hybridized carbons (Fsp3) is 0.611. The third-order valence-corrected chi connectivity index (χ3v) is 5.36. The third kappa shape index (κ3) is 3.02. The van der Waals surface area contributed by atoms with Crippen molar-refractivity contribution in [3.05, 3.63) is 35.7 Å². The lowest BCUT2D eigenvalue weighted by Crippen LogP contribution is -2.41. The number of rotatable bonds is 5. The fourth-order valence-electron chi connectivity index (χ4n) is 3.54. The van der Waals surface area contributed by atoms with Crippen molar-refractivity contribution in [1.82, 2.24) is 24.6 Å². The molecule has 1 fully saturated rings. The molecule has 0 aromatic carbocycles. The Bertz CT molecular complexity index is 692. The minimum atomic E-state index is 0.335. The number of aryl methyl sites for hydroxylation is 1. The van der Waals surface area contributed by atoms with E-state index in [9.17, 15) is 0 Å². The number of ether oxygens (including phenoxy) is 1. The zero-order chi connectivity index (χ0) is 16.5. The standard InChI is InChI=1S/C18H25N5O/c1-13-6-7-16(10-19-13)24-12-17-20-21-18-14(2)22(8-9-23(17)18)11-15-4-3-5-15/h6-7,10,14-15H,3-5,8-9,11-12H2,1-2H3. The van der Waals surface area contributed by atoms with Crippen LogP contribution in [0, 0.1) is 12.8 Å². The molecule has 2 aromatic rings. The highest BCUT2D eigenvalue weighted by Crippen LogP contribution is 2.32. The van der Waals surface area contributed by atoms with E-state index in [2.05, 4.69) is 31.6 Å². The van der Waals surface area contributed by atoms with Gasteiger partial charge in [0.25, 0.3) is 0 Å². The maximum Gasteiger partial charge on any atom is 0.171 e. The molecule has 0 saturated heterocycles. The molecular weight excluding hydrogens is 302 g/mol. The molecule has 1 aliphatic heterocycles. The Morgan fingerprint density at radius 3 is 2.79 bits per heavy atom. The lowest BCUT2D eigenvalue weighted by atomic mass is 9.84. The van der Waals surface area contributed by atoms with Crippen LogP contribution in [0.4, 0.5) is 0 Å². The molecule has 1 atom stereocenters. The van der Waals surface area contributed by atoms with Crippen LogP contribution in [0.3, 0.4) is 0 Å². The Balaban J connectivity index is 1.42. The minimum absolute atomic E-state index is 0.335. The fourth-order valence-corrected chi connectivity index (χ4v) is 3.54. The summed E-state index contributed by atoms with van der Waals surface area (Å²) in [5, 5.41) is 8.81. The minimum Gasteiger partial charge on any atom is -0.484 e. The molecule has 24 heavy (non-hydrogen) atoms. The van der Waals surface area contributed by atoms with Crippen LogP contribution >= 0.6 is 0 Å². The van der Waals surface area contributed by atoms with Gasteiger partial charge in [-0.25, -0.2) is 0 Å². The van der Waals surface area contributed by atoms with Crippen molar-refractivity contribution in [3.63, 3.8) is 0 Å². The molecule has 128 valence electrons. The summed E-state index contributed by atoms with van der Waals surface area (Å²) >= 11 is 0. The first kappa shape index (κ1) is 15.6.